The first-order valence-corrected chi connectivity index (χ1v) is 5.12. The maximum absolute atomic E-state index is 11.6. The molecular formula is C11H18N2O2. The SMILES string of the molecule is CNCC(C)CNC(=O)c1ccoc1C. The Kier molecular flexibility index (Phi) is 4.37. The summed E-state index contributed by atoms with van der Waals surface area (Å²) >= 11 is 0. The Morgan fingerprint density at radius 3 is 2.80 bits per heavy atom. The maximum atomic E-state index is 11.6. The Balaban J connectivity index is 2.40. The lowest BCUT2D eigenvalue weighted by molar-refractivity contribution is 0.0946. The zero-order valence-corrected chi connectivity index (χ0v) is 9.46. The van der Waals surface area contributed by atoms with Crippen molar-refractivity contribution < 1.29 is 9.21 Å². The number of hydrogen-bond donors (Lipinski definition) is 2. The Labute approximate surface area is 90.0 Å². The molecule has 0 saturated carbocycles. The minimum Gasteiger partial charge on any atom is -0.469 e. The number of amides is 1. The first-order chi connectivity index (χ1) is 7.15. The Morgan fingerprint density at radius 1 is 1.53 bits per heavy atom. The first-order valence-electron chi connectivity index (χ1n) is 5.12. The lowest BCUT2D eigenvalue weighted by Crippen LogP contribution is -2.32. The number of hydrogen-bond acceptors (Lipinski definition) is 3. The molecular weight excluding hydrogens is 192 g/mol. The van der Waals surface area contributed by atoms with Crippen LogP contribution in [0.1, 0.15) is 23.0 Å². The summed E-state index contributed by atoms with van der Waals surface area (Å²) in [6, 6.07) is 1.69. The molecule has 0 bridgehead atoms. The number of carbonyl (C=O) groups excluding carboxylic acids is 1. The fraction of sp³-hybridized carbons (Fsp3) is 0.545. The van der Waals surface area contributed by atoms with E-state index >= 15 is 0 Å². The van der Waals surface area contributed by atoms with Crippen LogP contribution in [0.4, 0.5) is 0 Å². The highest BCUT2D eigenvalue weighted by atomic mass is 16.3. The van der Waals surface area contributed by atoms with E-state index in [2.05, 4.69) is 17.6 Å². The summed E-state index contributed by atoms with van der Waals surface area (Å²) < 4.78 is 5.07. The molecule has 4 heteroatoms. The molecule has 0 fully saturated rings. The third kappa shape index (κ3) is 3.40. The molecule has 0 aliphatic heterocycles. The zero-order chi connectivity index (χ0) is 11.3. The highest BCUT2D eigenvalue weighted by molar-refractivity contribution is 5.94. The van der Waals surface area contributed by atoms with E-state index in [0.29, 0.717) is 23.8 Å². The second-order valence-electron chi connectivity index (χ2n) is 3.76. The molecule has 0 radical (unpaired) electrons. The van der Waals surface area contributed by atoms with Crippen molar-refractivity contribution in [2.45, 2.75) is 13.8 Å². The molecule has 0 aromatic carbocycles. The van der Waals surface area contributed by atoms with Crippen molar-refractivity contribution in [3.05, 3.63) is 23.7 Å². The van der Waals surface area contributed by atoms with Gasteiger partial charge in [0.1, 0.15) is 5.76 Å². The van der Waals surface area contributed by atoms with E-state index in [-0.39, 0.29) is 5.91 Å². The standard InChI is InChI=1S/C11H18N2O2/c1-8(6-12-3)7-13-11(14)10-4-5-15-9(10)2/h4-5,8,12H,6-7H2,1-3H3,(H,13,14). The summed E-state index contributed by atoms with van der Waals surface area (Å²) in [5, 5.41) is 5.94. The van der Waals surface area contributed by atoms with E-state index in [1.165, 1.54) is 6.26 Å². The van der Waals surface area contributed by atoms with E-state index in [0.717, 1.165) is 6.54 Å². The van der Waals surface area contributed by atoms with Gasteiger partial charge in [0.15, 0.2) is 0 Å². The number of rotatable bonds is 5. The smallest absolute Gasteiger partial charge is 0.254 e. The van der Waals surface area contributed by atoms with E-state index in [4.69, 9.17) is 4.42 Å². The van der Waals surface area contributed by atoms with Gasteiger partial charge in [-0.15, -0.1) is 0 Å². The molecule has 0 spiro atoms. The van der Waals surface area contributed by atoms with Crippen LogP contribution in [0, 0.1) is 12.8 Å². The lowest BCUT2D eigenvalue weighted by Gasteiger charge is -2.11. The first kappa shape index (κ1) is 11.8. The summed E-state index contributed by atoms with van der Waals surface area (Å²) in [5.74, 6) is 1.02. The largest absolute Gasteiger partial charge is 0.469 e. The highest BCUT2D eigenvalue weighted by Gasteiger charge is 2.11. The van der Waals surface area contributed by atoms with Crippen molar-refractivity contribution in [2.75, 3.05) is 20.1 Å². The summed E-state index contributed by atoms with van der Waals surface area (Å²) in [4.78, 5) is 11.6. The molecule has 2 N–H and O–H groups in total. The van der Waals surface area contributed by atoms with Crippen molar-refractivity contribution in [2.24, 2.45) is 5.92 Å². The summed E-state index contributed by atoms with van der Waals surface area (Å²) in [6.07, 6.45) is 1.53. The van der Waals surface area contributed by atoms with Crippen molar-refractivity contribution in [1.29, 1.82) is 0 Å². The average molecular weight is 210 g/mol. The molecule has 1 amide bonds. The second-order valence-corrected chi connectivity index (χ2v) is 3.76. The molecule has 4 nitrogen and oxygen atoms in total. The Hall–Kier alpha value is -1.29. The van der Waals surface area contributed by atoms with Gasteiger partial charge in [-0.3, -0.25) is 4.79 Å². The van der Waals surface area contributed by atoms with Gasteiger partial charge in [0.05, 0.1) is 11.8 Å². The number of nitrogens with one attached hydrogen (secondary N) is 2. The second kappa shape index (κ2) is 5.56. The molecule has 1 heterocycles. The van der Waals surface area contributed by atoms with Gasteiger partial charge >= 0.3 is 0 Å². The van der Waals surface area contributed by atoms with Gasteiger partial charge in [0, 0.05) is 6.54 Å². The van der Waals surface area contributed by atoms with Gasteiger partial charge < -0.3 is 15.1 Å². The third-order valence-corrected chi connectivity index (χ3v) is 2.27. The van der Waals surface area contributed by atoms with E-state index in [1.807, 2.05) is 7.05 Å². The quantitative estimate of drug-likeness (QED) is 0.767. The van der Waals surface area contributed by atoms with Crippen LogP contribution >= 0.6 is 0 Å². The molecule has 84 valence electrons. The predicted octanol–water partition coefficient (Wildman–Crippen LogP) is 1.17. The number of furan rings is 1. The van der Waals surface area contributed by atoms with Gasteiger partial charge in [-0.25, -0.2) is 0 Å². The van der Waals surface area contributed by atoms with Crippen LogP contribution < -0.4 is 10.6 Å². The predicted molar refractivity (Wildman–Crippen MR) is 58.9 cm³/mol. The van der Waals surface area contributed by atoms with Gasteiger partial charge in [-0.1, -0.05) is 6.92 Å². The fourth-order valence-electron chi connectivity index (χ4n) is 1.40. The monoisotopic (exact) mass is 210 g/mol. The number of aryl methyl sites for hydroxylation is 1. The van der Waals surface area contributed by atoms with E-state index < -0.39 is 0 Å². The van der Waals surface area contributed by atoms with Crippen LogP contribution in [0.3, 0.4) is 0 Å². The molecule has 1 atom stereocenters. The summed E-state index contributed by atoms with van der Waals surface area (Å²) in [5.41, 5.74) is 0.617. The lowest BCUT2D eigenvalue weighted by atomic mass is 10.1. The molecule has 1 rings (SSSR count). The van der Waals surface area contributed by atoms with Crippen molar-refractivity contribution in [3.63, 3.8) is 0 Å². The topological polar surface area (TPSA) is 54.3 Å². The zero-order valence-electron chi connectivity index (χ0n) is 9.46. The highest BCUT2D eigenvalue weighted by Crippen LogP contribution is 2.08. The summed E-state index contributed by atoms with van der Waals surface area (Å²) in [7, 11) is 1.90. The van der Waals surface area contributed by atoms with Crippen LogP contribution in [-0.2, 0) is 0 Å². The van der Waals surface area contributed by atoms with Crippen molar-refractivity contribution in [3.8, 4) is 0 Å². The van der Waals surface area contributed by atoms with Gasteiger partial charge in [0.2, 0.25) is 0 Å². The van der Waals surface area contributed by atoms with Crippen LogP contribution in [-0.4, -0.2) is 26.0 Å². The molecule has 1 aromatic rings. The Morgan fingerprint density at radius 2 is 2.27 bits per heavy atom. The molecule has 0 aliphatic rings. The minimum atomic E-state index is -0.0656. The van der Waals surface area contributed by atoms with Crippen LogP contribution in [0.15, 0.2) is 16.7 Å². The maximum Gasteiger partial charge on any atom is 0.254 e. The third-order valence-electron chi connectivity index (χ3n) is 2.27. The van der Waals surface area contributed by atoms with Gasteiger partial charge in [-0.05, 0) is 32.5 Å². The van der Waals surface area contributed by atoms with E-state index in [9.17, 15) is 4.79 Å². The van der Waals surface area contributed by atoms with Crippen LogP contribution in [0.25, 0.3) is 0 Å². The Bertz CT molecular complexity index is 320. The van der Waals surface area contributed by atoms with Crippen LogP contribution in [0.2, 0.25) is 0 Å². The summed E-state index contributed by atoms with van der Waals surface area (Å²) in [6.45, 7) is 5.43. The normalized spacial score (nSPS) is 12.5. The molecule has 15 heavy (non-hydrogen) atoms. The molecule has 1 aromatic heterocycles. The molecule has 1 unspecified atom stereocenters. The van der Waals surface area contributed by atoms with E-state index in [1.54, 1.807) is 13.0 Å². The van der Waals surface area contributed by atoms with Crippen molar-refractivity contribution in [1.82, 2.24) is 10.6 Å². The van der Waals surface area contributed by atoms with Gasteiger partial charge in [0.25, 0.3) is 5.91 Å². The van der Waals surface area contributed by atoms with Crippen LogP contribution in [0.5, 0.6) is 0 Å². The average Bonchev–Trinajstić information content (AvgIpc) is 2.61. The number of carbonyl (C=O) groups is 1. The van der Waals surface area contributed by atoms with Crippen molar-refractivity contribution >= 4 is 5.91 Å². The van der Waals surface area contributed by atoms with Gasteiger partial charge in [-0.2, -0.15) is 0 Å². The fourth-order valence-corrected chi connectivity index (χ4v) is 1.40. The molecule has 0 saturated heterocycles. The minimum absolute atomic E-state index is 0.0656. The molecule has 0 aliphatic carbocycles.